The lowest BCUT2D eigenvalue weighted by molar-refractivity contribution is -0.126. The molecule has 4 rings (SSSR count). The number of fused-ring (bicyclic) bond motifs is 1. The van der Waals surface area contributed by atoms with E-state index in [1.54, 1.807) is 11.0 Å². The Balaban J connectivity index is 1.93. The molecule has 1 atom stereocenters. The average Bonchev–Trinajstić information content (AvgIpc) is 2.79. The number of carbonyl (C=O) groups is 1. The van der Waals surface area contributed by atoms with Crippen molar-refractivity contribution in [3.05, 3.63) is 69.2 Å². The first kappa shape index (κ1) is 23.3. The molecule has 0 saturated carbocycles. The highest BCUT2D eigenvalue weighted by molar-refractivity contribution is 6.41. The molecule has 7 nitrogen and oxygen atoms in total. The van der Waals surface area contributed by atoms with Crippen LogP contribution in [-0.4, -0.2) is 51.0 Å². The Bertz CT molecular complexity index is 1300. The van der Waals surface area contributed by atoms with Crippen LogP contribution in [0.2, 0.25) is 10.2 Å². The smallest absolute Gasteiger partial charge is 0.350 e. The van der Waals surface area contributed by atoms with Gasteiger partial charge >= 0.3 is 5.69 Å². The topological polar surface area (TPSA) is 71.3 Å². The highest BCUT2D eigenvalue weighted by Crippen LogP contribution is 2.33. The maximum Gasteiger partial charge on any atom is 0.355 e. The predicted octanol–water partition coefficient (Wildman–Crippen LogP) is 4.43. The van der Waals surface area contributed by atoms with Crippen LogP contribution in [0.4, 0.5) is 5.82 Å². The number of halogens is 2. The number of pyridine rings is 1. The second-order valence-electron chi connectivity index (χ2n) is 8.43. The lowest BCUT2D eigenvalue weighted by Crippen LogP contribution is -2.54. The van der Waals surface area contributed by atoms with Gasteiger partial charge in [0.05, 0.1) is 16.1 Å². The largest absolute Gasteiger partial charge is 0.355 e. The Morgan fingerprint density at radius 2 is 1.94 bits per heavy atom. The van der Waals surface area contributed by atoms with Crippen LogP contribution in [0.15, 0.2) is 47.8 Å². The summed E-state index contributed by atoms with van der Waals surface area (Å²) < 4.78 is 1.50. The first-order valence-corrected chi connectivity index (χ1v) is 11.5. The molecule has 1 saturated heterocycles. The molecule has 0 N–H and O–H groups in total. The van der Waals surface area contributed by atoms with Gasteiger partial charge < -0.3 is 9.80 Å². The number of aromatic nitrogens is 3. The number of rotatable bonds is 4. The van der Waals surface area contributed by atoms with Crippen molar-refractivity contribution in [2.24, 2.45) is 0 Å². The number of anilines is 1. The molecule has 3 aromatic rings. The van der Waals surface area contributed by atoms with Crippen molar-refractivity contribution in [3.63, 3.8) is 0 Å². The molecule has 172 valence electrons. The van der Waals surface area contributed by atoms with Crippen molar-refractivity contribution in [1.29, 1.82) is 0 Å². The lowest BCUT2D eigenvalue weighted by atomic mass is 10.0. The van der Waals surface area contributed by atoms with Gasteiger partial charge in [-0.3, -0.25) is 4.79 Å². The zero-order valence-electron chi connectivity index (χ0n) is 18.8. The first-order chi connectivity index (χ1) is 15.7. The molecule has 33 heavy (non-hydrogen) atoms. The molecule has 0 spiro atoms. The van der Waals surface area contributed by atoms with Gasteiger partial charge in [-0.25, -0.2) is 14.3 Å². The Morgan fingerprint density at radius 1 is 1.21 bits per heavy atom. The molecule has 0 aliphatic carbocycles. The zero-order chi connectivity index (χ0) is 23.9. The molecular formula is C24H25Cl2N5O2. The number of carbonyl (C=O) groups excluding carboxylic acids is 1. The third-order valence-corrected chi connectivity index (χ3v) is 6.62. The summed E-state index contributed by atoms with van der Waals surface area (Å²) in [6.07, 6.45) is 1.31. The quantitative estimate of drug-likeness (QED) is 0.403. The molecule has 1 aliphatic heterocycles. The minimum absolute atomic E-state index is 0.0778. The molecule has 1 fully saturated rings. The monoisotopic (exact) mass is 485 g/mol. The Labute approximate surface area is 202 Å². The molecule has 1 aliphatic rings. The van der Waals surface area contributed by atoms with Crippen LogP contribution in [0.5, 0.6) is 0 Å². The van der Waals surface area contributed by atoms with E-state index in [-0.39, 0.29) is 28.0 Å². The van der Waals surface area contributed by atoms with Crippen molar-refractivity contribution >= 4 is 46.0 Å². The summed E-state index contributed by atoms with van der Waals surface area (Å²) in [5.41, 5.74) is 1.65. The van der Waals surface area contributed by atoms with Crippen molar-refractivity contribution in [2.75, 3.05) is 24.5 Å². The predicted molar refractivity (Wildman–Crippen MR) is 133 cm³/mol. The summed E-state index contributed by atoms with van der Waals surface area (Å²) in [6, 6.07) is 9.31. The van der Waals surface area contributed by atoms with E-state index in [4.69, 9.17) is 23.2 Å². The Hall–Kier alpha value is -2.90. The maximum atomic E-state index is 13.4. The van der Waals surface area contributed by atoms with Crippen LogP contribution < -0.4 is 10.6 Å². The summed E-state index contributed by atoms with van der Waals surface area (Å²) >= 11 is 12.6. The van der Waals surface area contributed by atoms with E-state index in [1.807, 2.05) is 36.1 Å². The lowest BCUT2D eigenvalue weighted by Gasteiger charge is -2.40. The molecular weight excluding hydrogens is 461 g/mol. The summed E-state index contributed by atoms with van der Waals surface area (Å²) in [6.45, 7) is 11.2. The first-order valence-electron chi connectivity index (χ1n) is 10.8. The van der Waals surface area contributed by atoms with E-state index in [1.165, 1.54) is 10.6 Å². The zero-order valence-corrected chi connectivity index (χ0v) is 20.3. The summed E-state index contributed by atoms with van der Waals surface area (Å²) in [5.74, 6) is 0.551. The van der Waals surface area contributed by atoms with Crippen LogP contribution in [0.3, 0.4) is 0 Å². The van der Waals surface area contributed by atoms with Gasteiger partial charge in [-0.2, -0.15) is 4.98 Å². The van der Waals surface area contributed by atoms with E-state index >= 15 is 0 Å². The van der Waals surface area contributed by atoms with Gasteiger partial charge in [-0.1, -0.05) is 61.8 Å². The van der Waals surface area contributed by atoms with Crippen molar-refractivity contribution in [2.45, 2.75) is 32.7 Å². The number of hydrogen-bond donors (Lipinski definition) is 0. The van der Waals surface area contributed by atoms with Crippen molar-refractivity contribution in [3.8, 4) is 5.69 Å². The SMILES string of the molecule is C=CC(=O)N1CCN(c2nc(=O)n(-c3ccccc3C(C)C)c3nc(Cl)c(Cl)cc23)[C@@H](C)C1. The summed E-state index contributed by atoms with van der Waals surface area (Å²) in [7, 11) is 0. The fourth-order valence-electron chi connectivity index (χ4n) is 4.30. The van der Waals surface area contributed by atoms with E-state index < -0.39 is 5.69 Å². The van der Waals surface area contributed by atoms with Gasteiger partial charge in [0.2, 0.25) is 5.91 Å². The molecule has 9 heteroatoms. The summed E-state index contributed by atoms with van der Waals surface area (Å²) in [5, 5.41) is 1.02. The normalized spacial score (nSPS) is 16.5. The van der Waals surface area contributed by atoms with Gasteiger partial charge in [0.25, 0.3) is 0 Å². The van der Waals surface area contributed by atoms with Gasteiger partial charge in [-0.15, -0.1) is 0 Å². The summed E-state index contributed by atoms with van der Waals surface area (Å²) in [4.78, 5) is 38.2. The fourth-order valence-corrected chi connectivity index (χ4v) is 4.59. The van der Waals surface area contributed by atoms with Crippen LogP contribution in [0.25, 0.3) is 16.7 Å². The number of para-hydroxylation sites is 1. The van der Waals surface area contributed by atoms with Gasteiger partial charge in [0.15, 0.2) is 5.65 Å². The van der Waals surface area contributed by atoms with Crippen LogP contribution in [0.1, 0.15) is 32.3 Å². The number of hydrogen-bond acceptors (Lipinski definition) is 5. The minimum atomic E-state index is -0.451. The van der Waals surface area contributed by atoms with Crippen LogP contribution >= 0.6 is 23.2 Å². The number of amides is 1. The third-order valence-electron chi connectivity index (χ3n) is 5.94. The molecule has 3 heterocycles. The second-order valence-corrected chi connectivity index (χ2v) is 9.20. The van der Waals surface area contributed by atoms with Crippen molar-refractivity contribution in [1.82, 2.24) is 19.4 Å². The van der Waals surface area contributed by atoms with E-state index in [2.05, 4.69) is 30.4 Å². The van der Waals surface area contributed by atoms with Crippen LogP contribution in [-0.2, 0) is 4.79 Å². The highest BCUT2D eigenvalue weighted by Gasteiger charge is 2.29. The van der Waals surface area contributed by atoms with Gasteiger partial charge in [-0.05, 0) is 36.6 Å². The standard InChI is InChI=1S/C24H25Cl2N5O2/c1-5-20(32)29-10-11-30(15(4)13-29)22-17-12-18(25)21(26)27-23(17)31(24(33)28-22)19-9-7-6-8-16(19)14(2)3/h5-9,12,14-15H,1,10-11,13H2,2-4H3/t15-/m0/s1. The molecule has 1 amide bonds. The van der Waals surface area contributed by atoms with E-state index in [0.717, 1.165) is 5.56 Å². The highest BCUT2D eigenvalue weighted by atomic mass is 35.5. The van der Waals surface area contributed by atoms with E-state index in [0.29, 0.717) is 42.2 Å². The molecule has 0 unspecified atom stereocenters. The number of nitrogens with zero attached hydrogens (tertiary/aromatic N) is 5. The molecule has 1 aromatic carbocycles. The molecule has 2 aromatic heterocycles. The van der Waals surface area contributed by atoms with Crippen molar-refractivity contribution < 1.29 is 4.79 Å². The van der Waals surface area contributed by atoms with Crippen LogP contribution in [0, 0.1) is 0 Å². The molecule has 0 radical (unpaired) electrons. The maximum absolute atomic E-state index is 13.4. The molecule has 0 bridgehead atoms. The van der Waals surface area contributed by atoms with Gasteiger partial charge in [0.1, 0.15) is 11.0 Å². The second kappa shape index (κ2) is 9.15. The number of benzene rings is 1. The third kappa shape index (κ3) is 4.23. The van der Waals surface area contributed by atoms with E-state index in [9.17, 15) is 9.59 Å². The minimum Gasteiger partial charge on any atom is -0.350 e. The van der Waals surface area contributed by atoms with Gasteiger partial charge in [0, 0.05) is 25.7 Å². The Morgan fingerprint density at radius 3 is 2.61 bits per heavy atom. The fraction of sp³-hybridized carbons (Fsp3) is 0.333. The Kier molecular flexibility index (Phi) is 6.45. The average molecular weight is 486 g/mol. The number of piperazine rings is 1.